The Hall–Kier alpha value is -0.410. The minimum Gasteiger partial charge on any atom is -0.333 e. The standard InChI is InChI=1S/C9H12ClF3N2O2S2/c1-2-3-7-14-8(19(10,16)17)6-15(7)4-5-18-9(11,12)13/h6H,2-5H2,1H3. The van der Waals surface area contributed by atoms with E-state index in [1.165, 1.54) is 10.8 Å². The van der Waals surface area contributed by atoms with Crippen molar-refractivity contribution >= 4 is 31.5 Å². The number of aromatic nitrogens is 2. The van der Waals surface area contributed by atoms with Crippen LogP contribution in [-0.4, -0.2) is 29.2 Å². The van der Waals surface area contributed by atoms with E-state index >= 15 is 0 Å². The molecule has 1 aromatic heterocycles. The zero-order valence-electron chi connectivity index (χ0n) is 9.95. The van der Waals surface area contributed by atoms with Gasteiger partial charge in [-0.25, -0.2) is 13.4 Å². The number of rotatable bonds is 6. The summed E-state index contributed by atoms with van der Waals surface area (Å²) >= 11 is -0.159. The summed E-state index contributed by atoms with van der Waals surface area (Å²) in [6.45, 7) is 1.89. The summed E-state index contributed by atoms with van der Waals surface area (Å²) in [7, 11) is 1.20. The fourth-order valence-corrected chi connectivity index (χ4v) is 2.63. The Bertz CT molecular complexity index is 528. The first kappa shape index (κ1) is 16.6. The highest BCUT2D eigenvalue weighted by Gasteiger charge is 2.27. The average Bonchev–Trinajstić information content (AvgIpc) is 2.60. The van der Waals surface area contributed by atoms with Crippen LogP contribution in [-0.2, 0) is 22.0 Å². The molecule has 1 aromatic rings. The second-order valence-electron chi connectivity index (χ2n) is 3.67. The Morgan fingerprint density at radius 1 is 1.47 bits per heavy atom. The smallest absolute Gasteiger partial charge is 0.333 e. The molecule has 19 heavy (non-hydrogen) atoms. The number of aryl methyl sites for hydroxylation is 2. The molecule has 0 aliphatic rings. The van der Waals surface area contributed by atoms with Gasteiger partial charge in [0, 0.05) is 35.6 Å². The second-order valence-corrected chi connectivity index (χ2v) is 7.34. The molecule has 0 spiro atoms. The van der Waals surface area contributed by atoms with Gasteiger partial charge in [-0.05, 0) is 18.2 Å². The monoisotopic (exact) mass is 336 g/mol. The minimum atomic E-state index is -4.30. The SMILES string of the molecule is CCCc1nc(S(=O)(=O)Cl)cn1CCSC(F)(F)F. The van der Waals surface area contributed by atoms with E-state index in [1.807, 2.05) is 6.92 Å². The van der Waals surface area contributed by atoms with Crippen LogP contribution in [0.25, 0.3) is 0 Å². The normalized spacial score (nSPS) is 12.9. The molecule has 0 aliphatic heterocycles. The van der Waals surface area contributed by atoms with Gasteiger partial charge in [-0.2, -0.15) is 13.2 Å². The van der Waals surface area contributed by atoms with Crippen LogP contribution in [0.15, 0.2) is 11.2 Å². The number of alkyl halides is 3. The van der Waals surface area contributed by atoms with Crippen molar-refractivity contribution in [3.8, 4) is 0 Å². The van der Waals surface area contributed by atoms with Gasteiger partial charge in [0.05, 0.1) is 0 Å². The lowest BCUT2D eigenvalue weighted by molar-refractivity contribution is -0.0328. The van der Waals surface area contributed by atoms with Crippen LogP contribution < -0.4 is 0 Å². The maximum atomic E-state index is 12.0. The highest BCUT2D eigenvalue weighted by Crippen LogP contribution is 2.30. The van der Waals surface area contributed by atoms with Crippen molar-refractivity contribution in [2.45, 2.75) is 36.8 Å². The summed E-state index contributed by atoms with van der Waals surface area (Å²) in [5.74, 6) is 0.211. The molecule has 0 bridgehead atoms. The molecule has 0 radical (unpaired) electrons. The zero-order valence-corrected chi connectivity index (χ0v) is 12.3. The van der Waals surface area contributed by atoms with Crippen molar-refractivity contribution in [1.29, 1.82) is 0 Å². The predicted molar refractivity (Wildman–Crippen MR) is 67.8 cm³/mol. The molecule has 0 unspecified atom stereocenters. The number of hydrogen-bond acceptors (Lipinski definition) is 4. The van der Waals surface area contributed by atoms with Gasteiger partial charge < -0.3 is 4.57 Å². The van der Waals surface area contributed by atoms with E-state index in [1.54, 1.807) is 0 Å². The molecular weight excluding hydrogens is 325 g/mol. The Kier molecular flexibility index (Phi) is 5.57. The average molecular weight is 337 g/mol. The van der Waals surface area contributed by atoms with Gasteiger partial charge in [-0.3, -0.25) is 0 Å². The molecule has 0 saturated heterocycles. The lowest BCUT2D eigenvalue weighted by Crippen LogP contribution is -2.08. The van der Waals surface area contributed by atoms with Gasteiger partial charge in [0.15, 0.2) is 5.03 Å². The van der Waals surface area contributed by atoms with Crippen LogP contribution >= 0.6 is 22.4 Å². The van der Waals surface area contributed by atoms with Crippen LogP contribution in [0.4, 0.5) is 13.2 Å². The molecule has 0 N–H and O–H groups in total. The molecule has 0 fully saturated rings. The van der Waals surface area contributed by atoms with Crippen LogP contribution in [0.1, 0.15) is 19.2 Å². The fraction of sp³-hybridized carbons (Fsp3) is 0.667. The molecule has 0 aliphatic carbocycles. The number of halogens is 4. The largest absolute Gasteiger partial charge is 0.441 e. The van der Waals surface area contributed by atoms with E-state index in [0.29, 0.717) is 18.7 Å². The van der Waals surface area contributed by atoms with Crippen molar-refractivity contribution in [3.63, 3.8) is 0 Å². The summed E-state index contributed by atoms with van der Waals surface area (Å²) in [4.78, 5) is 3.84. The predicted octanol–water partition coefficient (Wildman–Crippen LogP) is 3.02. The Balaban J connectivity index is 2.83. The molecule has 1 rings (SSSR count). The van der Waals surface area contributed by atoms with E-state index < -0.39 is 14.6 Å². The van der Waals surface area contributed by atoms with Crippen molar-refractivity contribution in [2.75, 3.05) is 5.75 Å². The number of hydrogen-bond donors (Lipinski definition) is 0. The molecule has 0 aromatic carbocycles. The lowest BCUT2D eigenvalue weighted by atomic mass is 10.3. The van der Waals surface area contributed by atoms with Gasteiger partial charge >= 0.3 is 5.51 Å². The first-order chi connectivity index (χ1) is 8.63. The maximum absolute atomic E-state index is 12.0. The van der Waals surface area contributed by atoms with E-state index in [-0.39, 0.29) is 29.1 Å². The third-order valence-electron chi connectivity index (χ3n) is 2.16. The third-order valence-corrected chi connectivity index (χ3v) is 4.04. The summed E-state index contributed by atoms with van der Waals surface area (Å²) in [5, 5.41) is -0.324. The highest BCUT2D eigenvalue weighted by molar-refractivity contribution is 8.13. The van der Waals surface area contributed by atoms with Gasteiger partial charge in [-0.15, -0.1) is 0 Å². The molecule has 0 saturated carbocycles. The highest BCUT2D eigenvalue weighted by atomic mass is 35.7. The molecule has 110 valence electrons. The van der Waals surface area contributed by atoms with Gasteiger partial charge in [0.25, 0.3) is 9.05 Å². The van der Waals surface area contributed by atoms with Crippen LogP contribution in [0.5, 0.6) is 0 Å². The molecule has 4 nitrogen and oxygen atoms in total. The number of imidazole rings is 1. The Morgan fingerprint density at radius 3 is 2.58 bits per heavy atom. The maximum Gasteiger partial charge on any atom is 0.441 e. The minimum absolute atomic E-state index is 0.0267. The molecule has 0 amide bonds. The zero-order chi connectivity index (χ0) is 14.7. The van der Waals surface area contributed by atoms with E-state index in [4.69, 9.17) is 10.7 Å². The molecule has 10 heteroatoms. The summed E-state index contributed by atoms with van der Waals surface area (Å²) in [6.07, 6.45) is 2.35. The molecule has 1 heterocycles. The fourth-order valence-electron chi connectivity index (χ4n) is 1.42. The van der Waals surface area contributed by atoms with Crippen molar-refractivity contribution in [1.82, 2.24) is 9.55 Å². The van der Waals surface area contributed by atoms with Gasteiger partial charge in [-0.1, -0.05) is 6.92 Å². The Morgan fingerprint density at radius 2 is 2.11 bits per heavy atom. The Labute approximate surface area is 117 Å². The first-order valence-corrected chi connectivity index (χ1v) is 8.64. The van der Waals surface area contributed by atoms with E-state index in [2.05, 4.69) is 4.98 Å². The summed E-state index contributed by atoms with van der Waals surface area (Å²) in [6, 6.07) is 0. The summed E-state index contributed by atoms with van der Waals surface area (Å²) in [5.41, 5.74) is -4.30. The van der Waals surface area contributed by atoms with Gasteiger partial charge in [0.2, 0.25) is 0 Å². The van der Waals surface area contributed by atoms with Crippen molar-refractivity contribution < 1.29 is 21.6 Å². The second kappa shape index (κ2) is 6.36. The molecular formula is C9H12ClF3N2O2S2. The quantitative estimate of drug-likeness (QED) is 0.749. The topological polar surface area (TPSA) is 52.0 Å². The molecule has 0 atom stereocenters. The van der Waals surface area contributed by atoms with Gasteiger partial charge in [0.1, 0.15) is 5.82 Å². The van der Waals surface area contributed by atoms with Crippen molar-refractivity contribution in [2.24, 2.45) is 0 Å². The van der Waals surface area contributed by atoms with E-state index in [9.17, 15) is 21.6 Å². The lowest BCUT2D eigenvalue weighted by Gasteiger charge is -2.08. The van der Waals surface area contributed by atoms with Crippen LogP contribution in [0.3, 0.4) is 0 Å². The van der Waals surface area contributed by atoms with E-state index in [0.717, 1.165) is 0 Å². The number of nitrogens with zero attached hydrogens (tertiary/aromatic N) is 2. The summed E-state index contributed by atoms with van der Waals surface area (Å²) < 4.78 is 59.7. The number of thioether (sulfide) groups is 1. The van der Waals surface area contributed by atoms with Crippen LogP contribution in [0, 0.1) is 0 Å². The van der Waals surface area contributed by atoms with Crippen molar-refractivity contribution in [3.05, 3.63) is 12.0 Å². The third kappa shape index (κ3) is 5.62. The van der Waals surface area contributed by atoms with Crippen LogP contribution in [0.2, 0.25) is 0 Å². The first-order valence-electron chi connectivity index (χ1n) is 5.35.